The molecule has 11 heteroatoms. The molecule has 1 aliphatic rings. The van der Waals surface area contributed by atoms with Crippen LogP contribution in [0.15, 0.2) is 24.5 Å². The van der Waals surface area contributed by atoms with Crippen molar-refractivity contribution in [2.75, 3.05) is 36.9 Å². The maximum absolute atomic E-state index is 12.5. The average molecular weight is 449 g/mol. The van der Waals surface area contributed by atoms with Gasteiger partial charge in [0.25, 0.3) is 0 Å². The van der Waals surface area contributed by atoms with Gasteiger partial charge < -0.3 is 15.4 Å². The van der Waals surface area contributed by atoms with Gasteiger partial charge in [-0.25, -0.2) is 9.78 Å². The molecule has 2 aromatic rings. The molecule has 0 aliphatic carbocycles. The fourth-order valence-corrected chi connectivity index (χ4v) is 3.46. The Morgan fingerprint density at radius 3 is 2.58 bits per heavy atom. The van der Waals surface area contributed by atoms with Gasteiger partial charge in [-0.15, -0.1) is 0 Å². The predicted octanol–water partition coefficient (Wildman–Crippen LogP) is 1.93. The van der Waals surface area contributed by atoms with E-state index in [1.54, 1.807) is 26.1 Å². The molecule has 31 heavy (non-hydrogen) atoms. The molecule has 1 saturated heterocycles. The van der Waals surface area contributed by atoms with E-state index in [9.17, 15) is 14.4 Å². The third kappa shape index (κ3) is 6.02. The summed E-state index contributed by atoms with van der Waals surface area (Å²) < 4.78 is 6.42. The minimum Gasteiger partial charge on any atom is -0.462 e. The van der Waals surface area contributed by atoms with E-state index in [4.69, 9.17) is 16.3 Å². The van der Waals surface area contributed by atoms with Crippen LogP contribution in [0, 0.1) is 5.92 Å². The SMILES string of the molecule is CCOC(=O)c1cnn(C)c1NC(=O)CN1CCC(C(=O)Nc2ccc(Cl)cn2)CC1. The highest BCUT2D eigenvalue weighted by Gasteiger charge is 2.27. The maximum Gasteiger partial charge on any atom is 0.343 e. The lowest BCUT2D eigenvalue weighted by molar-refractivity contribution is -0.121. The summed E-state index contributed by atoms with van der Waals surface area (Å²) >= 11 is 5.80. The van der Waals surface area contributed by atoms with Crippen molar-refractivity contribution in [1.82, 2.24) is 19.7 Å². The molecule has 1 aliphatic heterocycles. The Hall–Kier alpha value is -2.98. The Labute approximate surface area is 184 Å². The standard InChI is InChI=1S/C20H25ClN6O4/c1-3-31-20(30)15-11-23-26(2)18(15)25-17(28)12-27-8-6-13(7-9-27)19(29)24-16-5-4-14(21)10-22-16/h4-5,10-11,13H,3,6-9,12H2,1-2H3,(H,25,28)(H,22,24,29). The quantitative estimate of drug-likeness (QED) is 0.621. The molecule has 3 heterocycles. The number of hydrogen-bond donors (Lipinski definition) is 2. The van der Waals surface area contributed by atoms with Crippen LogP contribution in [0.1, 0.15) is 30.1 Å². The molecule has 0 saturated carbocycles. The summed E-state index contributed by atoms with van der Waals surface area (Å²) in [6.07, 6.45) is 4.11. The largest absolute Gasteiger partial charge is 0.462 e. The van der Waals surface area contributed by atoms with Crippen molar-refractivity contribution in [1.29, 1.82) is 0 Å². The van der Waals surface area contributed by atoms with Crippen LogP contribution in [0.2, 0.25) is 5.02 Å². The van der Waals surface area contributed by atoms with Crippen molar-refractivity contribution >= 4 is 41.0 Å². The average Bonchev–Trinajstić information content (AvgIpc) is 3.10. The zero-order chi connectivity index (χ0) is 22.4. The minimum absolute atomic E-state index is 0.0899. The molecule has 0 radical (unpaired) electrons. The number of amides is 2. The summed E-state index contributed by atoms with van der Waals surface area (Å²) in [4.78, 5) is 43.0. The highest BCUT2D eigenvalue weighted by molar-refractivity contribution is 6.30. The third-order valence-electron chi connectivity index (χ3n) is 5.00. The summed E-state index contributed by atoms with van der Waals surface area (Å²) in [5.74, 6) is -0.273. The van der Waals surface area contributed by atoms with Crippen LogP contribution in [0.25, 0.3) is 0 Å². The van der Waals surface area contributed by atoms with E-state index in [0.717, 1.165) is 0 Å². The number of pyridine rings is 1. The fraction of sp³-hybridized carbons (Fsp3) is 0.450. The second kappa shape index (κ2) is 10.4. The van der Waals surface area contributed by atoms with Crippen molar-refractivity contribution in [3.05, 3.63) is 35.1 Å². The third-order valence-corrected chi connectivity index (χ3v) is 5.22. The molecule has 2 N–H and O–H groups in total. The number of likely N-dealkylation sites (tertiary alicyclic amines) is 1. The Morgan fingerprint density at radius 1 is 1.19 bits per heavy atom. The van der Waals surface area contributed by atoms with Crippen molar-refractivity contribution in [3.63, 3.8) is 0 Å². The van der Waals surface area contributed by atoms with E-state index >= 15 is 0 Å². The molecule has 10 nitrogen and oxygen atoms in total. The molecule has 0 unspecified atom stereocenters. The predicted molar refractivity (Wildman–Crippen MR) is 115 cm³/mol. The molecular formula is C20H25ClN6O4. The van der Waals surface area contributed by atoms with Gasteiger partial charge in [0.2, 0.25) is 11.8 Å². The van der Waals surface area contributed by atoms with Gasteiger partial charge in [-0.1, -0.05) is 11.6 Å². The summed E-state index contributed by atoms with van der Waals surface area (Å²) in [6, 6.07) is 3.32. The van der Waals surface area contributed by atoms with Crippen molar-refractivity contribution in [2.24, 2.45) is 13.0 Å². The molecular weight excluding hydrogens is 424 g/mol. The van der Waals surface area contributed by atoms with Crippen LogP contribution in [-0.2, 0) is 21.4 Å². The normalized spacial score (nSPS) is 14.8. The number of carbonyl (C=O) groups is 3. The second-order valence-corrected chi connectivity index (χ2v) is 7.64. The summed E-state index contributed by atoms with van der Waals surface area (Å²) in [5.41, 5.74) is 0.212. The zero-order valence-corrected chi connectivity index (χ0v) is 18.2. The van der Waals surface area contributed by atoms with Gasteiger partial charge in [-0.05, 0) is 45.0 Å². The monoisotopic (exact) mass is 448 g/mol. The number of esters is 1. The van der Waals surface area contributed by atoms with Gasteiger partial charge in [-0.3, -0.25) is 19.2 Å². The van der Waals surface area contributed by atoms with Crippen molar-refractivity contribution in [2.45, 2.75) is 19.8 Å². The lowest BCUT2D eigenvalue weighted by atomic mass is 9.96. The van der Waals surface area contributed by atoms with E-state index in [-0.39, 0.29) is 36.4 Å². The number of halogens is 1. The smallest absolute Gasteiger partial charge is 0.343 e. The van der Waals surface area contributed by atoms with E-state index in [2.05, 4.69) is 20.7 Å². The fourth-order valence-electron chi connectivity index (χ4n) is 3.35. The van der Waals surface area contributed by atoms with Gasteiger partial charge >= 0.3 is 5.97 Å². The lowest BCUT2D eigenvalue weighted by Crippen LogP contribution is -2.42. The van der Waals surface area contributed by atoms with Crippen LogP contribution in [0.3, 0.4) is 0 Å². The highest BCUT2D eigenvalue weighted by Crippen LogP contribution is 2.20. The first-order valence-electron chi connectivity index (χ1n) is 10.0. The van der Waals surface area contributed by atoms with Gasteiger partial charge in [0, 0.05) is 19.2 Å². The number of rotatable bonds is 7. The Balaban J connectivity index is 1.48. The maximum atomic E-state index is 12.5. The molecule has 0 bridgehead atoms. The number of aromatic nitrogens is 3. The molecule has 0 aromatic carbocycles. The molecule has 166 valence electrons. The van der Waals surface area contributed by atoms with Crippen LogP contribution >= 0.6 is 11.6 Å². The summed E-state index contributed by atoms with van der Waals surface area (Å²) in [6.45, 7) is 3.31. The van der Waals surface area contributed by atoms with Crippen molar-refractivity contribution in [3.8, 4) is 0 Å². The number of piperidine rings is 1. The van der Waals surface area contributed by atoms with Gasteiger partial charge in [0.1, 0.15) is 17.2 Å². The minimum atomic E-state index is -0.534. The number of nitrogens with one attached hydrogen (secondary N) is 2. The zero-order valence-electron chi connectivity index (χ0n) is 17.4. The number of aryl methyl sites for hydroxylation is 1. The molecule has 2 aromatic heterocycles. The highest BCUT2D eigenvalue weighted by atomic mass is 35.5. The van der Waals surface area contributed by atoms with Crippen LogP contribution in [0.5, 0.6) is 0 Å². The van der Waals surface area contributed by atoms with E-state index < -0.39 is 5.97 Å². The lowest BCUT2D eigenvalue weighted by Gasteiger charge is -2.30. The molecule has 0 spiro atoms. The molecule has 1 fully saturated rings. The Kier molecular flexibility index (Phi) is 7.59. The second-order valence-electron chi connectivity index (χ2n) is 7.20. The number of hydrogen-bond acceptors (Lipinski definition) is 7. The van der Waals surface area contributed by atoms with E-state index in [1.165, 1.54) is 17.1 Å². The number of nitrogens with zero attached hydrogens (tertiary/aromatic N) is 4. The van der Waals surface area contributed by atoms with Crippen LogP contribution in [-0.4, -0.2) is 63.7 Å². The Morgan fingerprint density at radius 2 is 1.94 bits per heavy atom. The van der Waals surface area contributed by atoms with Gasteiger partial charge in [0.05, 0.1) is 24.4 Å². The number of ether oxygens (including phenoxy) is 1. The number of anilines is 2. The Bertz CT molecular complexity index is 938. The first-order chi connectivity index (χ1) is 14.9. The topological polar surface area (TPSA) is 118 Å². The first-order valence-corrected chi connectivity index (χ1v) is 10.4. The van der Waals surface area contributed by atoms with Crippen molar-refractivity contribution < 1.29 is 19.1 Å². The molecule has 3 rings (SSSR count). The summed E-state index contributed by atoms with van der Waals surface area (Å²) in [7, 11) is 1.64. The van der Waals surface area contributed by atoms with Crippen LogP contribution in [0.4, 0.5) is 11.6 Å². The van der Waals surface area contributed by atoms with E-state index in [0.29, 0.717) is 42.6 Å². The number of carbonyl (C=O) groups excluding carboxylic acids is 3. The van der Waals surface area contributed by atoms with Crippen LogP contribution < -0.4 is 10.6 Å². The molecule has 0 atom stereocenters. The van der Waals surface area contributed by atoms with Gasteiger partial charge in [0.15, 0.2) is 0 Å². The molecule has 2 amide bonds. The van der Waals surface area contributed by atoms with Gasteiger partial charge in [-0.2, -0.15) is 5.10 Å². The summed E-state index contributed by atoms with van der Waals surface area (Å²) in [5, 5.41) is 10.1. The van der Waals surface area contributed by atoms with E-state index in [1.807, 2.05) is 4.90 Å². The first kappa shape index (κ1) is 22.7.